The summed E-state index contributed by atoms with van der Waals surface area (Å²) < 4.78 is 2.64. The number of carboxylic acid groups (broad SMARTS) is 1. The van der Waals surface area contributed by atoms with Gasteiger partial charge in [-0.3, -0.25) is 14.5 Å². The summed E-state index contributed by atoms with van der Waals surface area (Å²) in [6, 6.07) is 12.2. The first-order valence-corrected chi connectivity index (χ1v) is 9.70. The molecule has 9 heteroatoms. The van der Waals surface area contributed by atoms with Crippen LogP contribution < -0.4 is 0 Å². The summed E-state index contributed by atoms with van der Waals surface area (Å²) in [6.07, 6.45) is 0.561. The Morgan fingerprint density at radius 1 is 1.26 bits per heavy atom. The van der Waals surface area contributed by atoms with E-state index in [1.807, 2.05) is 25.1 Å². The van der Waals surface area contributed by atoms with Crippen LogP contribution in [0.25, 0.3) is 15.2 Å². The fourth-order valence-electron chi connectivity index (χ4n) is 2.90. The van der Waals surface area contributed by atoms with Crippen LogP contribution in [0.5, 0.6) is 0 Å². The summed E-state index contributed by atoms with van der Waals surface area (Å²) in [5.74, 6) is -0.983. The number of carboxylic acids is 1. The lowest BCUT2D eigenvalue weighted by Crippen LogP contribution is -2.04. The maximum atomic E-state index is 11.7. The Hall–Kier alpha value is -2.91. The third-order valence-corrected chi connectivity index (χ3v) is 6.11. The van der Waals surface area contributed by atoms with Gasteiger partial charge in [0, 0.05) is 21.9 Å². The minimum atomic E-state index is -0.983. The smallest absolute Gasteiger partial charge is 0.354 e. The second-order valence-corrected chi connectivity index (χ2v) is 7.92. The molecule has 4 rings (SSSR count). The molecule has 2 aromatic heterocycles. The Morgan fingerprint density at radius 2 is 1.96 bits per heavy atom. The van der Waals surface area contributed by atoms with E-state index in [2.05, 4.69) is 4.98 Å². The zero-order valence-corrected chi connectivity index (χ0v) is 15.7. The van der Waals surface area contributed by atoms with E-state index in [1.54, 1.807) is 16.5 Å². The molecular weight excluding hydrogens is 386 g/mol. The number of fused-ring (bicyclic) bond motifs is 3. The molecule has 0 atom stereocenters. The molecule has 0 radical (unpaired) electrons. The lowest BCUT2D eigenvalue weighted by molar-refractivity contribution is -0.384. The Labute approximate surface area is 161 Å². The summed E-state index contributed by atoms with van der Waals surface area (Å²) in [5.41, 5.74) is 1.67. The number of non-ortho nitro benzene ring substituents is 1. The van der Waals surface area contributed by atoms with Crippen LogP contribution >= 0.6 is 23.1 Å². The minimum absolute atomic E-state index is 0.0576. The van der Waals surface area contributed by atoms with Crippen molar-refractivity contribution in [2.24, 2.45) is 0 Å². The van der Waals surface area contributed by atoms with Crippen LogP contribution in [0, 0.1) is 10.1 Å². The van der Waals surface area contributed by atoms with Crippen molar-refractivity contribution in [1.82, 2.24) is 9.38 Å². The Bertz CT molecular complexity index is 1190. The zero-order chi connectivity index (χ0) is 19.1. The maximum absolute atomic E-state index is 11.7. The van der Waals surface area contributed by atoms with Crippen molar-refractivity contribution in [3.05, 3.63) is 64.0 Å². The number of carbonyl (C=O) groups is 1. The third-order valence-electron chi connectivity index (χ3n) is 4.11. The largest absolute Gasteiger partial charge is 0.477 e. The first-order valence-electron chi connectivity index (χ1n) is 8.07. The van der Waals surface area contributed by atoms with E-state index in [-0.39, 0.29) is 11.4 Å². The lowest BCUT2D eigenvalue weighted by atomic mass is 10.2. The second-order valence-electron chi connectivity index (χ2n) is 5.77. The molecule has 1 N–H and O–H groups in total. The van der Waals surface area contributed by atoms with E-state index in [0.717, 1.165) is 20.0 Å². The van der Waals surface area contributed by atoms with Crippen molar-refractivity contribution in [2.45, 2.75) is 23.1 Å². The van der Waals surface area contributed by atoms with Crippen LogP contribution in [-0.4, -0.2) is 25.4 Å². The zero-order valence-electron chi connectivity index (χ0n) is 14.1. The SMILES string of the molecule is CCc1nc2sc3cc(Sc4ccc([N+](=O)[O-])cc4)ccc3n2c1C(=O)O. The highest BCUT2D eigenvalue weighted by atomic mass is 32.2. The van der Waals surface area contributed by atoms with Crippen LogP contribution in [0.15, 0.2) is 52.3 Å². The number of hydrogen-bond donors (Lipinski definition) is 1. The van der Waals surface area contributed by atoms with Gasteiger partial charge in [0.25, 0.3) is 5.69 Å². The van der Waals surface area contributed by atoms with Gasteiger partial charge >= 0.3 is 5.97 Å². The number of aromatic carboxylic acids is 1. The van der Waals surface area contributed by atoms with Crippen LogP contribution in [0.2, 0.25) is 0 Å². The minimum Gasteiger partial charge on any atom is -0.477 e. The average molecular weight is 399 g/mol. The van der Waals surface area contributed by atoms with Gasteiger partial charge in [0.2, 0.25) is 0 Å². The van der Waals surface area contributed by atoms with Gasteiger partial charge in [-0.05, 0) is 36.8 Å². The van der Waals surface area contributed by atoms with E-state index in [4.69, 9.17) is 0 Å². The fourth-order valence-corrected chi connectivity index (χ4v) is 4.91. The molecule has 0 aliphatic rings. The molecular formula is C18H13N3O4S2. The molecule has 0 spiro atoms. The number of nitro groups is 1. The highest BCUT2D eigenvalue weighted by molar-refractivity contribution is 7.99. The Morgan fingerprint density at radius 3 is 2.59 bits per heavy atom. The Balaban J connectivity index is 1.73. The first kappa shape index (κ1) is 17.5. The van der Waals surface area contributed by atoms with Crippen molar-refractivity contribution >= 4 is 49.9 Å². The van der Waals surface area contributed by atoms with E-state index in [0.29, 0.717) is 17.1 Å². The van der Waals surface area contributed by atoms with Gasteiger partial charge < -0.3 is 5.11 Å². The number of imidazole rings is 1. The molecule has 2 heterocycles. The molecule has 0 aliphatic carbocycles. The van der Waals surface area contributed by atoms with Crippen LogP contribution in [0.1, 0.15) is 23.1 Å². The van der Waals surface area contributed by atoms with E-state index >= 15 is 0 Å². The number of thiazole rings is 1. The second kappa shape index (κ2) is 6.67. The van der Waals surface area contributed by atoms with Crippen LogP contribution in [-0.2, 0) is 6.42 Å². The van der Waals surface area contributed by atoms with Crippen molar-refractivity contribution in [1.29, 1.82) is 0 Å². The molecule has 0 saturated heterocycles. The van der Waals surface area contributed by atoms with E-state index < -0.39 is 10.9 Å². The van der Waals surface area contributed by atoms with Gasteiger partial charge in [0.05, 0.1) is 20.8 Å². The van der Waals surface area contributed by atoms with Crippen molar-refractivity contribution in [3.63, 3.8) is 0 Å². The van der Waals surface area contributed by atoms with Gasteiger partial charge in [-0.25, -0.2) is 9.78 Å². The van der Waals surface area contributed by atoms with Gasteiger partial charge in [0.15, 0.2) is 10.7 Å². The number of aromatic nitrogens is 2. The van der Waals surface area contributed by atoms with Crippen molar-refractivity contribution in [2.75, 3.05) is 0 Å². The fraction of sp³-hybridized carbons (Fsp3) is 0.111. The monoisotopic (exact) mass is 399 g/mol. The summed E-state index contributed by atoms with van der Waals surface area (Å²) in [4.78, 5) is 29.0. The molecule has 0 amide bonds. The summed E-state index contributed by atoms with van der Waals surface area (Å²) in [7, 11) is 0. The van der Waals surface area contributed by atoms with Gasteiger partial charge in [-0.1, -0.05) is 30.0 Å². The number of benzene rings is 2. The predicted molar refractivity (Wildman–Crippen MR) is 104 cm³/mol. The molecule has 2 aromatic carbocycles. The van der Waals surface area contributed by atoms with Crippen LogP contribution in [0.3, 0.4) is 0 Å². The molecule has 136 valence electrons. The molecule has 0 fully saturated rings. The quantitative estimate of drug-likeness (QED) is 0.380. The predicted octanol–water partition coefficient (Wildman–Crippen LogP) is 4.87. The first-order chi connectivity index (χ1) is 13.0. The molecule has 0 bridgehead atoms. The number of nitrogens with zero attached hydrogens (tertiary/aromatic N) is 3. The van der Waals surface area contributed by atoms with Crippen LogP contribution in [0.4, 0.5) is 5.69 Å². The summed E-state index contributed by atoms with van der Waals surface area (Å²) in [5, 5.41) is 20.3. The molecule has 7 nitrogen and oxygen atoms in total. The normalized spacial score (nSPS) is 11.3. The highest BCUT2D eigenvalue weighted by Crippen LogP contribution is 2.35. The highest BCUT2D eigenvalue weighted by Gasteiger charge is 2.21. The number of aryl methyl sites for hydroxylation is 1. The number of rotatable bonds is 5. The van der Waals surface area contributed by atoms with E-state index in [1.165, 1.54) is 35.2 Å². The molecule has 0 aliphatic heterocycles. The van der Waals surface area contributed by atoms with Crippen molar-refractivity contribution < 1.29 is 14.8 Å². The third kappa shape index (κ3) is 3.04. The molecule has 27 heavy (non-hydrogen) atoms. The lowest BCUT2D eigenvalue weighted by Gasteiger charge is -2.03. The molecule has 4 aromatic rings. The number of nitro benzene ring substituents is 1. The van der Waals surface area contributed by atoms with Gasteiger partial charge in [-0.2, -0.15) is 0 Å². The number of hydrogen-bond acceptors (Lipinski definition) is 6. The van der Waals surface area contributed by atoms with E-state index in [9.17, 15) is 20.0 Å². The summed E-state index contributed by atoms with van der Waals surface area (Å²) >= 11 is 2.94. The maximum Gasteiger partial charge on any atom is 0.354 e. The van der Waals surface area contributed by atoms with Gasteiger partial charge in [0.1, 0.15) is 0 Å². The molecule has 0 unspecified atom stereocenters. The Kier molecular flexibility index (Phi) is 4.33. The molecule has 0 saturated carbocycles. The van der Waals surface area contributed by atoms with Crippen molar-refractivity contribution in [3.8, 4) is 0 Å². The average Bonchev–Trinajstić information content (AvgIpc) is 3.16. The van der Waals surface area contributed by atoms with Gasteiger partial charge in [-0.15, -0.1) is 0 Å². The topological polar surface area (TPSA) is 97.7 Å². The summed E-state index contributed by atoms with van der Waals surface area (Å²) in [6.45, 7) is 1.89. The standard InChI is InChI=1S/C18H13N3O4S2/c1-2-13-16(17(22)23)20-14-8-7-12(9-15(14)27-18(20)19-13)26-11-5-3-10(4-6-11)21(24)25/h3-9H,2H2,1H3,(H,22,23).